The minimum atomic E-state index is -0.0730. The van der Waals surface area contributed by atoms with E-state index in [0.29, 0.717) is 23.9 Å². The Morgan fingerprint density at radius 3 is 2.84 bits per heavy atom. The van der Waals surface area contributed by atoms with E-state index in [-0.39, 0.29) is 6.03 Å². The Balaban J connectivity index is 2.20. The van der Waals surface area contributed by atoms with Gasteiger partial charge in [-0.1, -0.05) is 37.1 Å². The summed E-state index contributed by atoms with van der Waals surface area (Å²) in [6, 6.07) is 7.21. The molecule has 1 N–H and O–H groups in total. The van der Waals surface area contributed by atoms with Crippen LogP contribution in [0.2, 0.25) is 5.02 Å². The molecular weight excluding hydrogens is 264 g/mol. The third-order valence-corrected chi connectivity index (χ3v) is 2.98. The van der Waals surface area contributed by atoms with Gasteiger partial charge in [0.05, 0.1) is 11.6 Å². The molecule has 0 saturated carbocycles. The highest BCUT2D eigenvalue weighted by molar-refractivity contribution is 6.32. The van der Waals surface area contributed by atoms with Crippen molar-refractivity contribution in [1.82, 2.24) is 10.2 Å². The monoisotopic (exact) mass is 284 g/mol. The third-order valence-electron chi connectivity index (χ3n) is 2.67. The number of amides is 2. The number of halogens is 1. The normalized spacial score (nSPS) is 10.1. The summed E-state index contributed by atoms with van der Waals surface area (Å²) in [5.41, 5.74) is 0. The van der Waals surface area contributed by atoms with Gasteiger partial charge in [0.25, 0.3) is 0 Å². The van der Waals surface area contributed by atoms with Gasteiger partial charge in [-0.3, -0.25) is 0 Å². The fourth-order valence-corrected chi connectivity index (χ4v) is 1.70. The van der Waals surface area contributed by atoms with Gasteiger partial charge in [0.1, 0.15) is 12.4 Å². The lowest BCUT2D eigenvalue weighted by Crippen LogP contribution is -2.39. The van der Waals surface area contributed by atoms with Crippen LogP contribution in [0.4, 0.5) is 4.79 Å². The molecule has 0 saturated heterocycles. The predicted molar refractivity (Wildman–Crippen MR) is 77.9 cm³/mol. The van der Waals surface area contributed by atoms with Crippen molar-refractivity contribution in [1.29, 1.82) is 0 Å². The van der Waals surface area contributed by atoms with Crippen LogP contribution in [0.25, 0.3) is 0 Å². The van der Waals surface area contributed by atoms with Gasteiger partial charge in [-0.2, -0.15) is 0 Å². The van der Waals surface area contributed by atoms with E-state index < -0.39 is 0 Å². The first kappa shape index (κ1) is 15.6. The summed E-state index contributed by atoms with van der Waals surface area (Å²) in [5, 5.41) is 3.38. The fraction of sp³-hybridized carbons (Fsp3) is 0.500. The highest BCUT2D eigenvalue weighted by atomic mass is 35.5. The minimum absolute atomic E-state index is 0.0730. The van der Waals surface area contributed by atoms with Crippen molar-refractivity contribution in [2.24, 2.45) is 0 Å². The minimum Gasteiger partial charge on any atom is -0.490 e. The van der Waals surface area contributed by atoms with Crippen LogP contribution in [0.5, 0.6) is 5.75 Å². The van der Waals surface area contributed by atoms with Gasteiger partial charge in [0, 0.05) is 13.6 Å². The molecule has 0 aliphatic carbocycles. The summed E-state index contributed by atoms with van der Waals surface area (Å²) in [6.45, 7) is 3.73. The molecule has 0 atom stereocenters. The summed E-state index contributed by atoms with van der Waals surface area (Å²) >= 11 is 5.95. The maximum atomic E-state index is 11.7. The Labute approximate surface area is 119 Å². The summed E-state index contributed by atoms with van der Waals surface area (Å²) in [5.74, 6) is 0.637. The number of nitrogens with zero attached hydrogens (tertiary/aromatic N) is 1. The lowest BCUT2D eigenvalue weighted by molar-refractivity contribution is 0.204. The molecule has 0 radical (unpaired) electrons. The molecule has 1 rings (SSSR count). The first-order chi connectivity index (χ1) is 9.15. The number of urea groups is 1. The second kappa shape index (κ2) is 8.64. The van der Waals surface area contributed by atoms with Crippen molar-refractivity contribution in [3.8, 4) is 5.75 Å². The van der Waals surface area contributed by atoms with E-state index in [0.717, 1.165) is 19.4 Å². The molecule has 106 valence electrons. The number of hydrogen-bond acceptors (Lipinski definition) is 2. The van der Waals surface area contributed by atoms with E-state index in [1.807, 2.05) is 12.1 Å². The number of carbonyl (C=O) groups excluding carboxylic acids is 1. The van der Waals surface area contributed by atoms with Crippen LogP contribution in [-0.4, -0.2) is 37.7 Å². The largest absolute Gasteiger partial charge is 0.490 e. The van der Waals surface area contributed by atoms with Crippen LogP contribution in [0.1, 0.15) is 19.8 Å². The standard InChI is InChI=1S/C14H21ClN2O2/c1-3-4-10-17(2)14(18)16-9-11-19-13-8-6-5-7-12(13)15/h5-8H,3-4,9-11H2,1-2H3,(H,16,18). The molecule has 0 spiro atoms. The summed E-state index contributed by atoms with van der Waals surface area (Å²) < 4.78 is 5.48. The van der Waals surface area contributed by atoms with E-state index in [2.05, 4.69) is 12.2 Å². The Kier molecular flexibility index (Phi) is 7.11. The molecule has 5 heteroatoms. The van der Waals surface area contributed by atoms with Crippen molar-refractivity contribution in [2.45, 2.75) is 19.8 Å². The Morgan fingerprint density at radius 1 is 1.42 bits per heavy atom. The van der Waals surface area contributed by atoms with Gasteiger partial charge in [0.15, 0.2) is 0 Å². The number of para-hydroxylation sites is 1. The van der Waals surface area contributed by atoms with E-state index in [9.17, 15) is 4.79 Å². The Bertz CT molecular complexity index is 399. The number of carbonyl (C=O) groups is 1. The van der Waals surface area contributed by atoms with E-state index >= 15 is 0 Å². The molecule has 4 nitrogen and oxygen atoms in total. The smallest absolute Gasteiger partial charge is 0.317 e. The van der Waals surface area contributed by atoms with Gasteiger partial charge < -0.3 is 15.0 Å². The van der Waals surface area contributed by atoms with Gasteiger partial charge in [-0.15, -0.1) is 0 Å². The van der Waals surface area contributed by atoms with Crippen molar-refractivity contribution in [3.63, 3.8) is 0 Å². The van der Waals surface area contributed by atoms with Crippen molar-refractivity contribution in [2.75, 3.05) is 26.7 Å². The van der Waals surface area contributed by atoms with Crippen molar-refractivity contribution in [3.05, 3.63) is 29.3 Å². The van der Waals surface area contributed by atoms with Crippen LogP contribution in [0, 0.1) is 0 Å². The van der Waals surface area contributed by atoms with Gasteiger partial charge in [-0.25, -0.2) is 4.79 Å². The summed E-state index contributed by atoms with van der Waals surface area (Å²) in [4.78, 5) is 13.3. The molecule has 1 aromatic rings. The molecule has 0 fully saturated rings. The third kappa shape index (κ3) is 5.83. The van der Waals surface area contributed by atoms with Crippen LogP contribution in [-0.2, 0) is 0 Å². The van der Waals surface area contributed by atoms with Crippen molar-refractivity contribution < 1.29 is 9.53 Å². The predicted octanol–water partition coefficient (Wildman–Crippen LogP) is 3.16. The molecule has 0 aliphatic rings. The maximum Gasteiger partial charge on any atom is 0.317 e. The van der Waals surface area contributed by atoms with Crippen LogP contribution in [0.3, 0.4) is 0 Å². The average molecular weight is 285 g/mol. The quantitative estimate of drug-likeness (QED) is 0.782. The molecular formula is C14H21ClN2O2. The van der Waals surface area contributed by atoms with Gasteiger partial charge >= 0.3 is 6.03 Å². The number of rotatable bonds is 7. The lowest BCUT2D eigenvalue weighted by atomic mass is 10.3. The topological polar surface area (TPSA) is 41.6 Å². The molecule has 0 aromatic heterocycles. The van der Waals surface area contributed by atoms with E-state index in [4.69, 9.17) is 16.3 Å². The number of benzene rings is 1. The van der Waals surface area contributed by atoms with Crippen LogP contribution in [0.15, 0.2) is 24.3 Å². The van der Waals surface area contributed by atoms with Crippen molar-refractivity contribution >= 4 is 17.6 Å². The maximum absolute atomic E-state index is 11.7. The summed E-state index contributed by atoms with van der Waals surface area (Å²) in [7, 11) is 1.79. The number of hydrogen-bond donors (Lipinski definition) is 1. The number of ether oxygens (including phenoxy) is 1. The van der Waals surface area contributed by atoms with E-state index in [1.54, 1.807) is 24.1 Å². The van der Waals surface area contributed by atoms with Crippen LogP contribution >= 0.6 is 11.6 Å². The zero-order chi connectivity index (χ0) is 14.1. The summed E-state index contributed by atoms with van der Waals surface area (Å²) in [6.07, 6.45) is 2.09. The van der Waals surface area contributed by atoms with Gasteiger partial charge in [0.2, 0.25) is 0 Å². The zero-order valence-corrected chi connectivity index (χ0v) is 12.2. The highest BCUT2D eigenvalue weighted by Crippen LogP contribution is 2.22. The van der Waals surface area contributed by atoms with E-state index in [1.165, 1.54) is 0 Å². The fourth-order valence-electron chi connectivity index (χ4n) is 1.51. The second-order valence-corrected chi connectivity index (χ2v) is 4.69. The highest BCUT2D eigenvalue weighted by Gasteiger charge is 2.06. The Morgan fingerprint density at radius 2 is 2.16 bits per heavy atom. The molecule has 19 heavy (non-hydrogen) atoms. The molecule has 1 aromatic carbocycles. The first-order valence-electron chi connectivity index (χ1n) is 6.51. The zero-order valence-electron chi connectivity index (χ0n) is 11.5. The van der Waals surface area contributed by atoms with Gasteiger partial charge in [-0.05, 0) is 18.6 Å². The molecule has 0 aliphatic heterocycles. The molecule has 2 amide bonds. The first-order valence-corrected chi connectivity index (χ1v) is 6.89. The average Bonchev–Trinajstić information content (AvgIpc) is 2.42. The molecule has 0 heterocycles. The second-order valence-electron chi connectivity index (χ2n) is 4.29. The number of unbranched alkanes of at least 4 members (excludes halogenated alkanes) is 1. The number of nitrogens with one attached hydrogen (secondary N) is 1. The SMILES string of the molecule is CCCCN(C)C(=O)NCCOc1ccccc1Cl. The molecule has 0 bridgehead atoms. The lowest BCUT2D eigenvalue weighted by Gasteiger charge is -2.17. The Hall–Kier alpha value is -1.42. The molecule has 0 unspecified atom stereocenters. The van der Waals surface area contributed by atoms with Crippen LogP contribution < -0.4 is 10.1 Å².